The molecule has 7 nitrogen and oxygen atoms in total. The van der Waals surface area contributed by atoms with Gasteiger partial charge in [0.05, 0.1) is 11.0 Å². The first-order chi connectivity index (χ1) is 11.9. The van der Waals surface area contributed by atoms with E-state index >= 15 is 0 Å². The molecular formula is C18H18N4O3. The summed E-state index contributed by atoms with van der Waals surface area (Å²) in [5, 5.41) is 5.46. The second-order valence-electron chi connectivity index (χ2n) is 5.82. The van der Waals surface area contributed by atoms with Crippen molar-refractivity contribution < 1.29 is 9.59 Å². The Morgan fingerprint density at radius 3 is 2.08 bits per heavy atom. The van der Waals surface area contributed by atoms with Crippen LogP contribution in [0.1, 0.15) is 17.3 Å². The van der Waals surface area contributed by atoms with Crippen LogP contribution in [-0.4, -0.2) is 20.9 Å². The van der Waals surface area contributed by atoms with Crippen molar-refractivity contribution in [3.05, 3.63) is 58.5 Å². The van der Waals surface area contributed by atoms with E-state index in [-0.39, 0.29) is 17.5 Å². The lowest BCUT2D eigenvalue weighted by molar-refractivity contribution is -0.114. The van der Waals surface area contributed by atoms with Crippen molar-refractivity contribution in [3.63, 3.8) is 0 Å². The van der Waals surface area contributed by atoms with Gasteiger partial charge in [-0.2, -0.15) is 0 Å². The van der Waals surface area contributed by atoms with Gasteiger partial charge >= 0.3 is 5.69 Å². The van der Waals surface area contributed by atoms with Crippen LogP contribution in [0.15, 0.2) is 47.3 Å². The molecule has 0 spiro atoms. The summed E-state index contributed by atoms with van der Waals surface area (Å²) < 4.78 is 3.09. The molecule has 0 saturated heterocycles. The van der Waals surface area contributed by atoms with Gasteiger partial charge < -0.3 is 10.6 Å². The Bertz CT molecular complexity index is 1030. The molecule has 7 heteroatoms. The minimum atomic E-state index is -0.269. The molecule has 1 heterocycles. The average molecular weight is 338 g/mol. The van der Waals surface area contributed by atoms with Crippen LogP contribution < -0.4 is 16.3 Å². The van der Waals surface area contributed by atoms with Crippen LogP contribution in [0.5, 0.6) is 0 Å². The topological polar surface area (TPSA) is 85.1 Å². The van der Waals surface area contributed by atoms with Gasteiger partial charge in [0.15, 0.2) is 0 Å². The molecular weight excluding hydrogens is 320 g/mol. The summed E-state index contributed by atoms with van der Waals surface area (Å²) in [6.07, 6.45) is 0. The standard InChI is InChI=1S/C18H18N4O3/c1-11(23)19-13-6-4-12(5-7-13)17(24)20-14-8-9-15-16(10-14)22(3)18(25)21(15)2/h4-10H,1-3H3,(H,19,23)(H,20,24). The van der Waals surface area contributed by atoms with Gasteiger partial charge in [0, 0.05) is 38.0 Å². The first-order valence-electron chi connectivity index (χ1n) is 7.71. The van der Waals surface area contributed by atoms with Gasteiger partial charge in [-0.15, -0.1) is 0 Å². The molecule has 0 aliphatic carbocycles. The van der Waals surface area contributed by atoms with E-state index in [1.165, 1.54) is 11.5 Å². The fraction of sp³-hybridized carbons (Fsp3) is 0.167. The summed E-state index contributed by atoms with van der Waals surface area (Å²) in [6.45, 7) is 1.42. The molecule has 0 saturated carbocycles. The minimum absolute atomic E-state index is 0.118. The zero-order chi connectivity index (χ0) is 18.1. The lowest BCUT2D eigenvalue weighted by atomic mass is 10.2. The smallest absolute Gasteiger partial charge is 0.326 e. The number of benzene rings is 2. The van der Waals surface area contributed by atoms with Crippen molar-refractivity contribution in [2.45, 2.75) is 6.92 Å². The number of aromatic nitrogens is 2. The maximum atomic E-state index is 12.4. The fourth-order valence-corrected chi connectivity index (χ4v) is 2.70. The van der Waals surface area contributed by atoms with E-state index in [1.807, 2.05) is 0 Å². The summed E-state index contributed by atoms with van der Waals surface area (Å²) in [4.78, 5) is 35.3. The number of anilines is 2. The zero-order valence-electron chi connectivity index (χ0n) is 14.2. The lowest BCUT2D eigenvalue weighted by Gasteiger charge is -2.07. The summed E-state index contributed by atoms with van der Waals surface area (Å²) >= 11 is 0. The zero-order valence-corrected chi connectivity index (χ0v) is 14.2. The van der Waals surface area contributed by atoms with Gasteiger partial charge in [-0.1, -0.05) is 0 Å². The molecule has 2 N–H and O–H groups in total. The van der Waals surface area contributed by atoms with Crippen molar-refractivity contribution in [2.24, 2.45) is 14.1 Å². The number of fused-ring (bicyclic) bond motifs is 1. The molecule has 25 heavy (non-hydrogen) atoms. The van der Waals surface area contributed by atoms with Gasteiger partial charge in [0.25, 0.3) is 5.91 Å². The van der Waals surface area contributed by atoms with E-state index in [2.05, 4.69) is 10.6 Å². The number of carbonyl (C=O) groups excluding carboxylic acids is 2. The lowest BCUT2D eigenvalue weighted by Crippen LogP contribution is -2.19. The number of aryl methyl sites for hydroxylation is 2. The Morgan fingerprint density at radius 2 is 1.44 bits per heavy atom. The second-order valence-corrected chi connectivity index (χ2v) is 5.82. The molecule has 3 rings (SSSR count). The number of nitrogens with one attached hydrogen (secondary N) is 2. The van der Waals surface area contributed by atoms with Gasteiger partial charge in [0.2, 0.25) is 5.91 Å². The first kappa shape index (κ1) is 16.5. The van der Waals surface area contributed by atoms with Crippen LogP contribution in [0.4, 0.5) is 11.4 Å². The molecule has 1 aromatic heterocycles. The van der Waals surface area contributed by atoms with E-state index in [0.717, 1.165) is 11.0 Å². The average Bonchev–Trinajstić information content (AvgIpc) is 2.79. The predicted molar refractivity (Wildman–Crippen MR) is 96.9 cm³/mol. The second kappa shape index (κ2) is 6.27. The summed E-state index contributed by atoms with van der Waals surface area (Å²) in [7, 11) is 3.40. The van der Waals surface area contributed by atoms with E-state index < -0.39 is 0 Å². The third-order valence-corrected chi connectivity index (χ3v) is 4.00. The largest absolute Gasteiger partial charge is 0.328 e. The van der Waals surface area contributed by atoms with Crippen LogP contribution in [0.2, 0.25) is 0 Å². The van der Waals surface area contributed by atoms with Crippen molar-refractivity contribution in [2.75, 3.05) is 10.6 Å². The SMILES string of the molecule is CC(=O)Nc1ccc(C(=O)Nc2ccc3c(c2)n(C)c(=O)n3C)cc1. The Morgan fingerprint density at radius 1 is 0.840 bits per heavy atom. The number of hydrogen-bond donors (Lipinski definition) is 2. The highest BCUT2D eigenvalue weighted by Gasteiger charge is 2.11. The van der Waals surface area contributed by atoms with Crippen LogP contribution in [0.3, 0.4) is 0 Å². The van der Waals surface area contributed by atoms with E-state index in [9.17, 15) is 14.4 Å². The monoisotopic (exact) mass is 338 g/mol. The summed E-state index contributed by atoms with van der Waals surface area (Å²) in [5.41, 5.74) is 3.12. The minimum Gasteiger partial charge on any atom is -0.326 e. The highest BCUT2D eigenvalue weighted by atomic mass is 16.2. The van der Waals surface area contributed by atoms with Crippen LogP contribution in [0.25, 0.3) is 11.0 Å². The number of nitrogens with zero attached hydrogens (tertiary/aromatic N) is 2. The highest BCUT2D eigenvalue weighted by Crippen LogP contribution is 2.19. The molecule has 0 aliphatic heterocycles. The maximum Gasteiger partial charge on any atom is 0.328 e. The Balaban J connectivity index is 1.83. The van der Waals surface area contributed by atoms with Crippen LogP contribution >= 0.6 is 0 Å². The third-order valence-electron chi connectivity index (χ3n) is 4.00. The Kier molecular flexibility index (Phi) is 4.14. The quantitative estimate of drug-likeness (QED) is 0.767. The number of hydrogen-bond acceptors (Lipinski definition) is 3. The number of imidazole rings is 1. The molecule has 3 aromatic rings. The first-order valence-corrected chi connectivity index (χ1v) is 7.71. The predicted octanol–water partition coefficient (Wildman–Crippen LogP) is 2.09. The normalized spacial score (nSPS) is 10.7. The third kappa shape index (κ3) is 3.16. The van der Waals surface area contributed by atoms with Gasteiger partial charge in [0.1, 0.15) is 0 Å². The van der Waals surface area contributed by atoms with Crippen LogP contribution in [-0.2, 0) is 18.9 Å². The van der Waals surface area contributed by atoms with Crippen molar-refractivity contribution >= 4 is 34.2 Å². The molecule has 0 aliphatic rings. The van der Waals surface area contributed by atoms with Crippen molar-refractivity contribution in [1.29, 1.82) is 0 Å². The molecule has 2 aromatic carbocycles. The Labute approximate surface area is 143 Å². The summed E-state index contributed by atoms with van der Waals surface area (Å²) in [5.74, 6) is -0.436. The van der Waals surface area contributed by atoms with Gasteiger partial charge in [-0.3, -0.25) is 18.7 Å². The maximum absolute atomic E-state index is 12.4. The molecule has 0 bridgehead atoms. The number of carbonyl (C=O) groups is 2. The Hall–Kier alpha value is -3.35. The number of amides is 2. The van der Waals surface area contributed by atoms with Gasteiger partial charge in [-0.05, 0) is 42.5 Å². The van der Waals surface area contributed by atoms with E-state index in [4.69, 9.17) is 0 Å². The fourth-order valence-electron chi connectivity index (χ4n) is 2.70. The van der Waals surface area contributed by atoms with E-state index in [1.54, 1.807) is 61.1 Å². The van der Waals surface area contributed by atoms with Crippen LogP contribution in [0, 0.1) is 0 Å². The molecule has 0 fully saturated rings. The molecule has 0 unspecified atom stereocenters. The van der Waals surface area contributed by atoms with Gasteiger partial charge in [-0.25, -0.2) is 4.79 Å². The summed E-state index contributed by atoms with van der Waals surface area (Å²) in [6, 6.07) is 11.9. The van der Waals surface area contributed by atoms with Crippen molar-refractivity contribution in [1.82, 2.24) is 9.13 Å². The molecule has 0 radical (unpaired) electrons. The highest BCUT2D eigenvalue weighted by molar-refractivity contribution is 6.05. The van der Waals surface area contributed by atoms with E-state index in [0.29, 0.717) is 16.9 Å². The molecule has 2 amide bonds. The van der Waals surface area contributed by atoms with Crippen molar-refractivity contribution in [3.8, 4) is 0 Å². The number of rotatable bonds is 3. The molecule has 0 atom stereocenters. The molecule has 128 valence electrons.